The molecule has 3 rings (SSSR count). The number of phosphoric ester groups is 1. The van der Waals surface area contributed by atoms with E-state index in [1.54, 1.807) is 88.4 Å². The molecule has 0 bridgehead atoms. The van der Waals surface area contributed by atoms with Gasteiger partial charge in [-0.15, -0.1) is 0 Å². The van der Waals surface area contributed by atoms with Crippen LogP contribution in [0.25, 0.3) is 0 Å². The van der Waals surface area contributed by atoms with E-state index in [-0.39, 0.29) is 38.9 Å². The Morgan fingerprint density at radius 2 is 0.860 bits per heavy atom. The molecule has 6 atom stereocenters. The van der Waals surface area contributed by atoms with Gasteiger partial charge in [-0.3, -0.25) is 32.7 Å². The molecule has 0 heterocycles. The molecule has 0 amide bonds. The van der Waals surface area contributed by atoms with Crippen molar-refractivity contribution in [3.63, 3.8) is 0 Å². The summed E-state index contributed by atoms with van der Waals surface area (Å²) in [4.78, 5) is 51.9. The number of carbonyl (C=O) groups is 4. The third-order valence-corrected chi connectivity index (χ3v) is 8.96. The summed E-state index contributed by atoms with van der Waals surface area (Å²) in [7, 11) is -4.72. The number of hydrogen-bond acceptors (Lipinski definition) is 13. The lowest BCUT2D eigenvalue weighted by Gasteiger charge is -2.46. The van der Waals surface area contributed by atoms with Gasteiger partial charge >= 0.3 is 31.7 Å². The summed E-state index contributed by atoms with van der Waals surface area (Å²) in [5, 5.41) is 11.7. The number of aliphatic hydroxyl groups excluding tert-OH is 1. The van der Waals surface area contributed by atoms with Gasteiger partial charge < -0.3 is 24.1 Å². The van der Waals surface area contributed by atoms with Crippen molar-refractivity contribution in [2.75, 3.05) is 0 Å². The van der Waals surface area contributed by atoms with Crippen molar-refractivity contribution in [2.24, 2.45) is 0 Å². The van der Waals surface area contributed by atoms with Gasteiger partial charge in [-0.2, -0.15) is 0 Å². The summed E-state index contributed by atoms with van der Waals surface area (Å²) in [5.74, 6) is -3.04. The Kier molecular flexibility index (Phi) is 17.1. The van der Waals surface area contributed by atoms with Crippen molar-refractivity contribution >= 4 is 31.7 Å². The summed E-state index contributed by atoms with van der Waals surface area (Å²) < 4.78 is 55.4. The van der Waals surface area contributed by atoms with E-state index in [0.717, 1.165) is 0 Å². The topological polar surface area (TPSA) is 170 Å². The smallest absolute Gasteiger partial charge is 0.455 e. The van der Waals surface area contributed by atoms with E-state index in [9.17, 15) is 28.8 Å². The van der Waals surface area contributed by atoms with Crippen LogP contribution in [-0.4, -0.2) is 65.6 Å². The van der Waals surface area contributed by atoms with Gasteiger partial charge in [-0.1, -0.05) is 88.4 Å². The summed E-state index contributed by atoms with van der Waals surface area (Å²) in [6.45, 7) is 6.48. The molecule has 0 aromatic heterocycles. The molecular formula is C36H49O13P. The van der Waals surface area contributed by atoms with Crippen molar-refractivity contribution < 1.29 is 61.4 Å². The van der Waals surface area contributed by atoms with Gasteiger partial charge in [0.15, 0.2) is 30.5 Å². The second-order valence-corrected chi connectivity index (χ2v) is 13.5. The maximum atomic E-state index is 14.7. The fraction of sp³-hybridized carbons (Fsp3) is 0.556. The average Bonchev–Trinajstić information content (AvgIpc) is 3.09. The summed E-state index contributed by atoms with van der Waals surface area (Å²) in [6, 6.07) is 17.6. The van der Waals surface area contributed by atoms with Gasteiger partial charge in [0.25, 0.3) is 0 Å². The van der Waals surface area contributed by atoms with Crippen LogP contribution in [0.2, 0.25) is 0 Å². The number of aliphatic hydroxyl groups is 1. The Morgan fingerprint density at radius 1 is 0.540 bits per heavy atom. The van der Waals surface area contributed by atoms with Crippen LogP contribution in [0.1, 0.15) is 90.2 Å². The quantitative estimate of drug-likeness (QED) is 0.0942. The number of hydrogen-bond donors (Lipinski definition) is 1. The zero-order chi connectivity index (χ0) is 36.5. The van der Waals surface area contributed by atoms with E-state index in [4.69, 9.17) is 32.5 Å². The van der Waals surface area contributed by atoms with E-state index < -0.39 is 68.3 Å². The van der Waals surface area contributed by atoms with Crippen LogP contribution >= 0.6 is 7.82 Å². The highest BCUT2D eigenvalue weighted by Gasteiger charge is 2.60. The molecule has 1 aliphatic carbocycles. The summed E-state index contributed by atoms with van der Waals surface area (Å²) >= 11 is 0. The standard InChI is InChI=1S/C36H49O13P/c1-5-15-27(37)45-32-31(41)33(46-28(38)16-6-2)35(48-30(40)18-8-4)36(34(32)47-29(39)17-7-3)49-50(42,43-23-25-19-11-9-12-20-25)44-24-26-21-13-10-14-22-26/h9-14,19-22,31-36,41H,5-8,15-18,23-24H2,1-4H3/t31?,32-,33-,34-,35+,36?/m0/s1. The largest absolute Gasteiger partial charge is 0.475 e. The molecule has 1 aliphatic rings. The molecule has 1 saturated carbocycles. The van der Waals surface area contributed by atoms with Crippen LogP contribution in [0.5, 0.6) is 0 Å². The van der Waals surface area contributed by atoms with E-state index >= 15 is 0 Å². The molecule has 13 nitrogen and oxygen atoms in total. The molecule has 0 saturated heterocycles. The minimum Gasteiger partial charge on any atom is -0.455 e. The molecule has 0 spiro atoms. The zero-order valence-corrected chi connectivity index (χ0v) is 30.0. The first-order chi connectivity index (χ1) is 24.0. The van der Waals surface area contributed by atoms with Gasteiger partial charge in [0.05, 0.1) is 13.2 Å². The molecule has 2 aromatic carbocycles. The lowest BCUT2D eigenvalue weighted by Crippen LogP contribution is -2.68. The van der Waals surface area contributed by atoms with E-state index in [1.165, 1.54) is 0 Å². The number of carbonyl (C=O) groups excluding carboxylic acids is 4. The monoisotopic (exact) mass is 720 g/mol. The van der Waals surface area contributed by atoms with Gasteiger partial charge in [0.2, 0.25) is 0 Å². The van der Waals surface area contributed by atoms with Crippen LogP contribution in [-0.2, 0) is 69.5 Å². The van der Waals surface area contributed by atoms with Gasteiger partial charge in [-0.25, -0.2) is 4.57 Å². The first-order valence-corrected chi connectivity index (χ1v) is 18.6. The van der Waals surface area contributed by atoms with Gasteiger partial charge in [0, 0.05) is 25.7 Å². The summed E-state index contributed by atoms with van der Waals surface area (Å²) in [5.41, 5.74) is 1.24. The predicted molar refractivity (Wildman–Crippen MR) is 180 cm³/mol. The Bertz CT molecular complexity index is 1300. The van der Waals surface area contributed by atoms with Crippen LogP contribution in [0.3, 0.4) is 0 Å². The molecule has 0 aliphatic heterocycles. The SMILES string of the molecule is CCCC(=O)O[C@@H]1C(OP(=O)(OCc2ccccc2)OCc2ccccc2)[C@H](OC(=O)CCC)[C@@H](OC(=O)CCC)C(O)[C@@H]1OC(=O)CCC. The number of benzene rings is 2. The van der Waals surface area contributed by atoms with Crippen LogP contribution in [0.15, 0.2) is 60.7 Å². The van der Waals surface area contributed by atoms with Crippen molar-refractivity contribution in [1.82, 2.24) is 0 Å². The van der Waals surface area contributed by atoms with E-state index in [2.05, 4.69) is 0 Å². The van der Waals surface area contributed by atoms with Gasteiger partial charge in [-0.05, 0) is 36.8 Å². The summed E-state index contributed by atoms with van der Waals surface area (Å²) in [6.07, 6.45) is -9.16. The third kappa shape index (κ3) is 12.6. The molecule has 2 aromatic rings. The third-order valence-electron chi connectivity index (χ3n) is 7.57. The first-order valence-electron chi connectivity index (χ1n) is 17.1. The molecule has 1 fully saturated rings. The normalized spacial score (nSPS) is 21.9. The minimum absolute atomic E-state index is 0.0571. The predicted octanol–water partition coefficient (Wildman–Crippen LogP) is 6.14. The van der Waals surface area contributed by atoms with Crippen LogP contribution in [0.4, 0.5) is 0 Å². The highest BCUT2D eigenvalue weighted by atomic mass is 31.2. The van der Waals surface area contributed by atoms with Crippen molar-refractivity contribution in [3.8, 4) is 0 Å². The fourth-order valence-electron chi connectivity index (χ4n) is 5.16. The Labute approximate surface area is 293 Å². The number of esters is 4. The van der Waals surface area contributed by atoms with Crippen LogP contribution < -0.4 is 0 Å². The molecule has 276 valence electrons. The fourth-order valence-corrected chi connectivity index (χ4v) is 6.51. The molecule has 1 N–H and O–H groups in total. The highest BCUT2D eigenvalue weighted by molar-refractivity contribution is 7.48. The maximum absolute atomic E-state index is 14.7. The number of ether oxygens (including phenoxy) is 4. The van der Waals surface area contributed by atoms with E-state index in [1.807, 2.05) is 0 Å². The minimum atomic E-state index is -4.72. The van der Waals surface area contributed by atoms with Crippen molar-refractivity contribution in [3.05, 3.63) is 71.8 Å². The number of phosphoric acid groups is 1. The Hall–Kier alpha value is -3.61. The molecule has 0 radical (unpaired) electrons. The Balaban J connectivity index is 2.17. The van der Waals surface area contributed by atoms with Crippen molar-refractivity contribution in [2.45, 2.75) is 129 Å². The second kappa shape index (κ2) is 20.9. The van der Waals surface area contributed by atoms with Crippen molar-refractivity contribution in [1.29, 1.82) is 0 Å². The average molecular weight is 721 g/mol. The lowest BCUT2D eigenvalue weighted by atomic mass is 9.84. The first kappa shape index (κ1) is 40.8. The molecular weight excluding hydrogens is 671 g/mol. The number of rotatable bonds is 20. The molecule has 50 heavy (non-hydrogen) atoms. The Morgan fingerprint density at radius 3 is 1.18 bits per heavy atom. The molecule has 14 heteroatoms. The second-order valence-electron chi connectivity index (χ2n) is 11.8. The maximum Gasteiger partial charge on any atom is 0.475 e. The molecule has 2 unspecified atom stereocenters. The van der Waals surface area contributed by atoms with Gasteiger partial charge in [0.1, 0.15) is 6.10 Å². The highest BCUT2D eigenvalue weighted by Crippen LogP contribution is 2.54. The zero-order valence-electron chi connectivity index (χ0n) is 29.1. The lowest BCUT2D eigenvalue weighted by molar-refractivity contribution is -0.251. The van der Waals surface area contributed by atoms with Crippen LogP contribution in [0, 0.1) is 0 Å². The van der Waals surface area contributed by atoms with E-state index in [0.29, 0.717) is 36.8 Å².